The van der Waals surface area contributed by atoms with Gasteiger partial charge in [-0.3, -0.25) is 4.52 Å². The predicted octanol–water partition coefficient (Wildman–Crippen LogP) is 2.89. The highest BCUT2D eigenvalue weighted by molar-refractivity contribution is 7.17. The van der Waals surface area contributed by atoms with E-state index in [0.717, 1.165) is 6.42 Å². The van der Waals surface area contributed by atoms with Gasteiger partial charge in [0.25, 0.3) is 0 Å². The largest absolute Gasteiger partial charge is 0.327 e. The van der Waals surface area contributed by atoms with E-state index in [-0.39, 0.29) is 8.69 Å². The standard InChI is InChI=1S/C7H15O2P/c1-6(2)4-7(3)5-9-10-8/h6-7H,4-5H2,1-3H3. The van der Waals surface area contributed by atoms with E-state index < -0.39 is 0 Å². The molecule has 0 aliphatic carbocycles. The summed E-state index contributed by atoms with van der Waals surface area (Å²) in [5.74, 6) is 1.21. The zero-order chi connectivity index (χ0) is 7.98. The molecule has 1 unspecified atom stereocenters. The molecule has 10 heavy (non-hydrogen) atoms. The van der Waals surface area contributed by atoms with E-state index in [1.54, 1.807) is 0 Å². The molecule has 0 aliphatic rings. The fourth-order valence-electron chi connectivity index (χ4n) is 1.03. The smallest absolute Gasteiger partial charge is 0.294 e. The van der Waals surface area contributed by atoms with Gasteiger partial charge in [0.1, 0.15) is 0 Å². The molecule has 60 valence electrons. The first kappa shape index (κ1) is 10.1. The lowest BCUT2D eigenvalue weighted by Gasteiger charge is -2.10. The van der Waals surface area contributed by atoms with Crippen molar-refractivity contribution >= 4 is 8.69 Å². The molecule has 0 aliphatic heterocycles. The van der Waals surface area contributed by atoms with Crippen LogP contribution in [0.1, 0.15) is 27.2 Å². The number of rotatable bonds is 5. The Kier molecular flexibility index (Phi) is 5.85. The van der Waals surface area contributed by atoms with Crippen LogP contribution in [-0.2, 0) is 9.09 Å². The van der Waals surface area contributed by atoms with Crippen molar-refractivity contribution in [1.29, 1.82) is 0 Å². The molecule has 0 fully saturated rings. The lowest BCUT2D eigenvalue weighted by atomic mass is 10.0. The van der Waals surface area contributed by atoms with E-state index >= 15 is 0 Å². The van der Waals surface area contributed by atoms with Crippen molar-refractivity contribution in [2.75, 3.05) is 6.61 Å². The van der Waals surface area contributed by atoms with E-state index in [1.165, 1.54) is 0 Å². The van der Waals surface area contributed by atoms with Gasteiger partial charge in [0, 0.05) is 0 Å². The third-order valence-electron chi connectivity index (χ3n) is 1.29. The molecule has 0 radical (unpaired) electrons. The molecule has 0 amide bonds. The highest BCUT2D eigenvalue weighted by Crippen LogP contribution is 2.12. The molecule has 0 spiro atoms. The van der Waals surface area contributed by atoms with Gasteiger partial charge >= 0.3 is 8.69 Å². The molecule has 0 N–H and O–H groups in total. The molecule has 0 saturated carbocycles. The quantitative estimate of drug-likeness (QED) is 0.581. The molecular weight excluding hydrogens is 147 g/mol. The second-order valence-corrected chi connectivity index (χ2v) is 3.51. The average molecular weight is 162 g/mol. The average Bonchev–Trinajstić information content (AvgIpc) is 1.82. The molecule has 0 aromatic heterocycles. The van der Waals surface area contributed by atoms with Crippen LogP contribution < -0.4 is 0 Å². The van der Waals surface area contributed by atoms with E-state index in [0.29, 0.717) is 18.4 Å². The maximum atomic E-state index is 9.87. The molecule has 0 heterocycles. The summed E-state index contributed by atoms with van der Waals surface area (Å²) in [5.41, 5.74) is 0. The SMILES string of the molecule is CC(C)CC(C)COP=O. The first-order chi connectivity index (χ1) is 4.66. The summed E-state index contributed by atoms with van der Waals surface area (Å²) in [6.45, 7) is 7.05. The molecule has 1 atom stereocenters. The van der Waals surface area contributed by atoms with Crippen molar-refractivity contribution in [3.8, 4) is 0 Å². The summed E-state index contributed by atoms with van der Waals surface area (Å²) in [6.07, 6.45) is 1.13. The highest BCUT2D eigenvalue weighted by Gasteiger charge is 2.04. The lowest BCUT2D eigenvalue weighted by Crippen LogP contribution is -2.04. The minimum Gasteiger partial charge on any atom is -0.294 e. The molecular formula is C7H15O2P. The zero-order valence-corrected chi connectivity index (χ0v) is 7.73. The van der Waals surface area contributed by atoms with Crippen molar-refractivity contribution in [2.24, 2.45) is 11.8 Å². The minimum atomic E-state index is -0.198. The summed E-state index contributed by atoms with van der Waals surface area (Å²) in [5, 5.41) is 0. The maximum absolute atomic E-state index is 9.87. The van der Waals surface area contributed by atoms with Crippen LogP contribution in [0.5, 0.6) is 0 Å². The Morgan fingerprint density at radius 3 is 2.40 bits per heavy atom. The lowest BCUT2D eigenvalue weighted by molar-refractivity contribution is 0.257. The Bertz CT molecular complexity index is 93.6. The first-order valence-corrected chi connectivity index (χ1v) is 4.34. The summed E-state index contributed by atoms with van der Waals surface area (Å²) >= 11 is 0. The van der Waals surface area contributed by atoms with E-state index in [1.807, 2.05) is 0 Å². The molecule has 3 heteroatoms. The van der Waals surface area contributed by atoms with Crippen LogP contribution >= 0.6 is 8.69 Å². The third-order valence-corrected chi connectivity index (χ3v) is 1.54. The van der Waals surface area contributed by atoms with Crippen molar-refractivity contribution < 1.29 is 9.09 Å². The van der Waals surface area contributed by atoms with Gasteiger partial charge in [0.2, 0.25) is 0 Å². The normalized spacial score (nSPS) is 14.4. The van der Waals surface area contributed by atoms with Crippen molar-refractivity contribution in [1.82, 2.24) is 0 Å². The molecule has 0 aromatic carbocycles. The monoisotopic (exact) mass is 162 g/mol. The van der Waals surface area contributed by atoms with Crippen LogP contribution in [0.4, 0.5) is 0 Å². The number of hydrogen-bond acceptors (Lipinski definition) is 2. The molecule has 0 saturated heterocycles. The van der Waals surface area contributed by atoms with E-state index in [9.17, 15) is 4.57 Å². The van der Waals surface area contributed by atoms with Crippen molar-refractivity contribution in [3.63, 3.8) is 0 Å². The fraction of sp³-hybridized carbons (Fsp3) is 1.00. The molecule has 2 nitrogen and oxygen atoms in total. The second-order valence-electron chi connectivity index (χ2n) is 3.11. The maximum Gasteiger partial charge on any atom is 0.327 e. The van der Waals surface area contributed by atoms with Crippen LogP contribution in [0, 0.1) is 11.8 Å². The molecule has 0 rings (SSSR count). The van der Waals surface area contributed by atoms with Crippen LogP contribution in [0.2, 0.25) is 0 Å². The summed E-state index contributed by atoms with van der Waals surface area (Å²) in [4.78, 5) is 0. The van der Waals surface area contributed by atoms with Gasteiger partial charge in [-0.1, -0.05) is 20.8 Å². The van der Waals surface area contributed by atoms with Gasteiger partial charge in [-0.05, 0) is 18.3 Å². The molecule has 0 bridgehead atoms. The predicted molar refractivity (Wildman–Crippen MR) is 42.2 cm³/mol. The first-order valence-electron chi connectivity index (χ1n) is 3.61. The van der Waals surface area contributed by atoms with Crippen molar-refractivity contribution in [3.05, 3.63) is 0 Å². The van der Waals surface area contributed by atoms with Crippen molar-refractivity contribution in [2.45, 2.75) is 27.2 Å². The Labute approximate surface area is 64.2 Å². The van der Waals surface area contributed by atoms with Gasteiger partial charge in [0.15, 0.2) is 0 Å². The molecule has 0 aromatic rings. The second kappa shape index (κ2) is 5.82. The Hall–Kier alpha value is 0.0600. The Morgan fingerprint density at radius 2 is 2.00 bits per heavy atom. The van der Waals surface area contributed by atoms with E-state index in [4.69, 9.17) is 4.52 Å². The Morgan fingerprint density at radius 1 is 1.40 bits per heavy atom. The van der Waals surface area contributed by atoms with Crippen LogP contribution in [0.15, 0.2) is 0 Å². The Balaban J connectivity index is 3.24. The minimum absolute atomic E-state index is 0.198. The number of hydrogen-bond donors (Lipinski definition) is 0. The topological polar surface area (TPSA) is 26.3 Å². The van der Waals surface area contributed by atoms with Gasteiger partial charge < -0.3 is 0 Å². The summed E-state index contributed by atoms with van der Waals surface area (Å²) in [6, 6.07) is 0. The van der Waals surface area contributed by atoms with Crippen LogP contribution in [0.25, 0.3) is 0 Å². The summed E-state index contributed by atoms with van der Waals surface area (Å²) < 4.78 is 14.6. The van der Waals surface area contributed by atoms with Gasteiger partial charge in [-0.25, -0.2) is 4.57 Å². The fourth-order valence-corrected chi connectivity index (χ4v) is 1.35. The van der Waals surface area contributed by atoms with Crippen LogP contribution in [-0.4, -0.2) is 6.61 Å². The van der Waals surface area contributed by atoms with Gasteiger partial charge in [-0.2, -0.15) is 0 Å². The van der Waals surface area contributed by atoms with Gasteiger partial charge in [-0.15, -0.1) is 0 Å². The summed E-state index contributed by atoms with van der Waals surface area (Å²) in [7, 11) is -0.198. The van der Waals surface area contributed by atoms with Crippen LogP contribution in [0.3, 0.4) is 0 Å². The van der Waals surface area contributed by atoms with E-state index in [2.05, 4.69) is 20.8 Å². The highest BCUT2D eigenvalue weighted by atomic mass is 31.1. The third kappa shape index (κ3) is 6.18. The van der Waals surface area contributed by atoms with Gasteiger partial charge in [0.05, 0.1) is 6.61 Å². The zero-order valence-electron chi connectivity index (χ0n) is 6.83.